The summed E-state index contributed by atoms with van der Waals surface area (Å²) in [6, 6.07) is 13.6. The first-order chi connectivity index (χ1) is 15.5. The van der Waals surface area contributed by atoms with Gasteiger partial charge in [0.05, 0.1) is 11.2 Å². The monoisotopic (exact) mass is 464 g/mol. The quantitative estimate of drug-likeness (QED) is 0.450. The van der Waals surface area contributed by atoms with Crippen LogP contribution in [0.2, 0.25) is 10.0 Å². The maximum atomic E-state index is 13.4. The van der Waals surface area contributed by atoms with Gasteiger partial charge >= 0.3 is 6.03 Å². The molecule has 7 heteroatoms. The predicted molar refractivity (Wildman–Crippen MR) is 128 cm³/mol. The van der Waals surface area contributed by atoms with E-state index < -0.39 is 5.54 Å². The van der Waals surface area contributed by atoms with Crippen molar-refractivity contribution in [2.75, 3.05) is 11.9 Å². The minimum atomic E-state index is -0.401. The van der Waals surface area contributed by atoms with E-state index in [2.05, 4.69) is 40.3 Å². The molecule has 162 valence electrons. The fraction of sp³-hybridized carbons (Fsp3) is 0.240. The summed E-state index contributed by atoms with van der Waals surface area (Å²) in [6.07, 6.45) is 10.9. The Balaban J connectivity index is 1.50. The van der Waals surface area contributed by atoms with E-state index in [1.807, 2.05) is 11.9 Å². The van der Waals surface area contributed by atoms with E-state index in [0.29, 0.717) is 15.7 Å². The number of carbonyl (C=O) groups excluding carboxylic acids is 1. The molecular formula is C25H22Cl2N4O. The van der Waals surface area contributed by atoms with Gasteiger partial charge in [0, 0.05) is 47.2 Å². The second-order valence-electron chi connectivity index (χ2n) is 8.32. The first-order valence-corrected chi connectivity index (χ1v) is 11.3. The zero-order valence-corrected chi connectivity index (χ0v) is 19.1. The van der Waals surface area contributed by atoms with Crippen LogP contribution in [0.3, 0.4) is 0 Å². The molecule has 5 nitrogen and oxygen atoms in total. The van der Waals surface area contributed by atoms with Crippen molar-refractivity contribution in [2.45, 2.75) is 31.2 Å². The molecule has 1 aliphatic heterocycles. The van der Waals surface area contributed by atoms with Crippen LogP contribution in [0.4, 0.5) is 10.5 Å². The summed E-state index contributed by atoms with van der Waals surface area (Å²) >= 11 is 12.5. The molecule has 5 rings (SSSR count). The van der Waals surface area contributed by atoms with Crippen molar-refractivity contribution in [3.63, 3.8) is 0 Å². The SMILES string of the molecule is CN1C(=O)N(c2cc(Cl)cc(Cl)c2)C2=CCCCC21Cc1ccc(-c2cncnc2)cc1. The molecule has 0 saturated carbocycles. The molecule has 0 spiro atoms. The second kappa shape index (κ2) is 8.23. The largest absolute Gasteiger partial charge is 0.329 e. The van der Waals surface area contributed by atoms with E-state index in [1.165, 1.54) is 11.9 Å². The average molecular weight is 465 g/mol. The average Bonchev–Trinajstić information content (AvgIpc) is 3.01. The molecule has 1 aromatic heterocycles. The third-order valence-corrected chi connectivity index (χ3v) is 6.86. The van der Waals surface area contributed by atoms with E-state index in [9.17, 15) is 4.79 Å². The molecule has 2 heterocycles. The number of hydrogen-bond donors (Lipinski definition) is 0. The third kappa shape index (κ3) is 3.55. The summed E-state index contributed by atoms with van der Waals surface area (Å²) in [5, 5.41) is 1.02. The summed E-state index contributed by atoms with van der Waals surface area (Å²) in [5.74, 6) is 0. The van der Waals surface area contributed by atoms with Gasteiger partial charge < -0.3 is 4.90 Å². The van der Waals surface area contributed by atoms with Gasteiger partial charge in [0.15, 0.2) is 0 Å². The Bertz CT molecular complexity index is 1180. The molecule has 1 atom stereocenters. The maximum Gasteiger partial charge on any atom is 0.329 e. The molecule has 3 aromatic rings. The van der Waals surface area contributed by atoms with Crippen LogP contribution in [0.25, 0.3) is 11.1 Å². The van der Waals surface area contributed by atoms with Crippen LogP contribution in [-0.2, 0) is 6.42 Å². The van der Waals surface area contributed by atoms with E-state index in [-0.39, 0.29) is 6.03 Å². The zero-order valence-electron chi connectivity index (χ0n) is 17.6. The molecule has 0 radical (unpaired) electrons. The van der Waals surface area contributed by atoms with Crippen LogP contribution in [-0.4, -0.2) is 33.5 Å². The van der Waals surface area contributed by atoms with E-state index >= 15 is 0 Å². The smallest absolute Gasteiger partial charge is 0.316 e. The fourth-order valence-corrected chi connectivity index (χ4v) is 5.36. The lowest BCUT2D eigenvalue weighted by Gasteiger charge is -2.38. The summed E-state index contributed by atoms with van der Waals surface area (Å²) < 4.78 is 0. The van der Waals surface area contributed by atoms with Gasteiger partial charge in [0.1, 0.15) is 6.33 Å². The topological polar surface area (TPSA) is 49.3 Å². The number of fused-ring (bicyclic) bond motifs is 1. The molecule has 0 bridgehead atoms. The Morgan fingerprint density at radius 1 is 1.00 bits per heavy atom. The van der Waals surface area contributed by atoms with Crippen molar-refractivity contribution in [3.8, 4) is 11.1 Å². The minimum Gasteiger partial charge on any atom is -0.316 e. The molecule has 1 fully saturated rings. The Labute approximate surface area is 197 Å². The summed E-state index contributed by atoms with van der Waals surface area (Å²) in [6.45, 7) is 0. The lowest BCUT2D eigenvalue weighted by Crippen LogP contribution is -2.46. The molecule has 2 amide bonds. The highest BCUT2D eigenvalue weighted by atomic mass is 35.5. The Morgan fingerprint density at radius 2 is 1.69 bits per heavy atom. The van der Waals surface area contributed by atoms with Gasteiger partial charge in [0.2, 0.25) is 0 Å². The first kappa shape index (κ1) is 21.0. The first-order valence-electron chi connectivity index (χ1n) is 10.6. The van der Waals surface area contributed by atoms with Crippen molar-refractivity contribution >= 4 is 34.9 Å². The van der Waals surface area contributed by atoms with Crippen LogP contribution in [0, 0.1) is 0 Å². The standard InChI is InChI=1S/C25H22Cl2N4O/c1-30-24(32)31(22-11-20(26)10-21(27)12-22)23-4-2-3-9-25(23,30)13-17-5-7-18(8-6-17)19-14-28-16-29-15-19/h4-8,10-12,14-16H,2-3,9,13H2,1H3. The second-order valence-corrected chi connectivity index (χ2v) is 9.19. The van der Waals surface area contributed by atoms with Gasteiger partial charge in [-0.15, -0.1) is 0 Å². The van der Waals surface area contributed by atoms with Crippen LogP contribution in [0.1, 0.15) is 24.8 Å². The van der Waals surface area contributed by atoms with E-state index in [4.69, 9.17) is 23.2 Å². The summed E-state index contributed by atoms with van der Waals surface area (Å²) in [4.78, 5) is 25.3. The number of urea groups is 1. The number of nitrogens with zero attached hydrogens (tertiary/aromatic N) is 4. The molecular weight excluding hydrogens is 443 g/mol. The molecule has 1 aliphatic carbocycles. The number of amides is 2. The van der Waals surface area contributed by atoms with Crippen LogP contribution in [0.5, 0.6) is 0 Å². The highest BCUT2D eigenvalue weighted by Gasteiger charge is 2.53. The zero-order chi connectivity index (χ0) is 22.3. The van der Waals surface area contributed by atoms with Gasteiger partial charge in [-0.25, -0.2) is 14.8 Å². The lowest BCUT2D eigenvalue weighted by molar-refractivity contribution is 0.175. The molecule has 2 aliphatic rings. The lowest BCUT2D eigenvalue weighted by atomic mass is 9.79. The number of halogens is 2. The number of anilines is 1. The van der Waals surface area contributed by atoms with Crippen molar-refractivity contribution in [1.29, 1.82) is 0 Å². The van der Waals surface area contributed by atoms with Crippen molar-refractivity contribution in [3.05, 3.63) is 88.6 Å². The van der Waals surface area contributed by atoms with Gasteiger partial charge in [0.25, 0.3) is 0 Å². The van der Waals surface area contributed by atoms with Crippen molar-refractivity contribution in [1.82, 2.24) is 14.9 Å². The van der Waals surface area contributed by atoms with E-state index in [0.717, 1.165) is 42.5 Å². The third-order valence-electron chi connectivity index (χ3n) is 6.42. The van der Waals surface area contributed by atoms with Crippen molar-refractivity contribution in [2.24, 2.45) is 0 Å². The maximum absolute atomic E-state index is 13.4. The van der Waals surface area contributed by atoms with Crippen LogP contribution < -0.4 is 4.90 Å². The number of benzene rings is 2. The highest BCUT2D eigenvalue weighted by Crippen LogP contribution is 2.47. The number of rotatable bonds is 4. The number of likely N-dealkylation sites (N-methyl/N-ethyl adjacent to an activating group) is 1. The molecule has 1 unspecified atom stereocenters. The molecule has 1 saturated heterocycles. The summed E-state index contributed by atoms with van der Waals surface area (Å²) in [7, 11) is 1.89. The van der Waals surface area contributed by atoms with Crippen LogP contribution in [0.15, 0.2) is 73.0 Å². The molecule has 32 heavy (non-hydrogen) atoms. The van der Waals surface area contributed by atoms with Crippen LogP contribution >= 0.6 is 23.2 Å². The Hall–Kier alpha value is -2.89. The minimum absolute atomic E-state index is 0.0606. The van der Waals surface area contributed by atoms with Gasteiger partial charge in [-0.05, 0) is 48.6 Å². The summed E-state index contributed by atoms with van der Waals surface area (Å²) in [5.41, 5.74) is 4.53. The Morgan fingerprint density at radius 3 is 2.38 bits per heavy atom. The molecule has 2 aromatic carbocycles. The van der Waals surface area contributed by atoms with E-state index in [1.54, 1.807) is 35.5 Å². The Kier molecular flexibility index (Phi) is 5.39. The number of hydrogen-bond acceptors (Lipinski definition) is 3. The van der Waals surface area contributed by atoms with Gasteiger partial charge in [-0.1, -0.05) is 53.5 Å². The van der Waals surface area contributed by atoms with Gasteiger partial charge in [-0.2, -0.15) is 0 Å². The molecule has 0 N–H and O–H groups in total. The number of aromatic nitrogens is 2. The van der Waals surface area contributed by atoms with Crippen molar-refractivity contribution < 1.29 is 4.79 Å². The predicted octanol–water partition coefficient (Wildman–Crippen LogP) is 6.37. The fourth-order valence-electron chi connectivity index (χ4n) is 4.84. The highest BCUT2D eigenvalue weighted by molar-refractivity contribution is 6.35. The number of allylic oxidation sites excluding steroid dienone is 1. The number of carbonyl (C=O) groups is 1. The normalized spacial score (nSPS) is 20.3. The van der Waals surface area contributed by atoms with Gasteiger partial charge in [-0.3, -0.25) is 4.90 Å².